The second kappa shape index (κ2) is 5.66. The Labute approximate surface area is 120 Å². The van der Waals surface area contributed by atoms with Gasteiger partial charge in [0.15, 0.2) is 0 Å². The molecule has 21 heavy (non-hydrogen) atoms. The predicted octanol–water partition coefficient (Wildman–Crippen LogP) is 2.70. The van der Waals surface area contributed by atoms with E-state index >= 15 is 0 Å². The van der Waals surface area contributed by atoms with Crippen molar-refractivity contribution >= 4 is 16.9 Å². The summed E-state index contributed by atoms with van der Waals surface area (Å²) in [7, 11) is 0. The number of carbonyl (C=O) groups is 1. The topological polar surface area (TPSA) is 54.9 Å². The fourth-order valence-electron chi connectivity index (χ4n) is 1.99. The molecule has 1 heterocycles. The lowest BCUT2D eigenvalue weighted by molar-refractivity contribution is 0.0946. The van der Waals surface area contributed by atoms with Crippen LogP contribution in [-0.2, 0) is 6.54 Å². The van der Waals surface area contributed by atoms with Gasteiger partial charge in [0.2, 0.25) is 0 Å². The Hall–Kier alpha value is -2.82. The van der Waals surface area contributed by atoms with E-state index in [4.69, 9.17) is 0 Å². The van der Waals surface area contributed by atoms with Gasteiger partial charge in [-0.15, -0.1) is 0 Å². The molecule has 0 bridgehead atoms. The summed E-state index contributed by atoms with van der Waals surface area (Å²) in [6.45, 7) is 0.241. The van der Waals surface area contributed by atoms with Gasteiger partial charge in [0.05, 0.1) is 17.2 Å². The first-order valence-electron chi connectivity index (χ1n) is 6.47. The van der Waals surface area contributed by atoms with E-state index in [0.717, 1.165) is 5.52 Å². The molecule has 0 aliphatic rings. The maximum absolute atomic E-state index is 13.1. The Morgan fingerprint density at radius 3 is 2.71 bits per heavy atom. The SMILES string of the molecule is O=C(NCc1cccc(F)c1)c1cnc2ccccc2n1. The minimum Gasteiger partial charge on any atom is -0.347 e. The monoisotopic (exact) mass is 281 g/mol. The summed E-state index contributed by atoms with van der Waals surface area (Å²) in [5.41, 5.74) is 2.33. The quantitative estimate of drug-likeness (QED) is 0.803. The van der Waals surface area contributed by atoms with Crippen LogP contribution in [0.5, 0.6) is 0 Å². The standard InChI is InChI=1S/C16H12FN3O/c17-12-5-3-4-11(8-12)9-19-16(21)15-10-18-13-6-1-2-7-14(13)20-15/h1-8,10H,9H2,(H,19,21). The van der Waals surface area contributed by atoms with Crippen molar-refractivity contribution < 1.29 is 9.18 Å². The number of aromatic nitrogens is 2. The summed E-state index contributed by atoms with van der Waals surface area (Å²) in [6.07, 6.45) is 1.43. The highest BCUT2D eigenvalue weighted by Crippen LogP contribution is 2.09. The summed E-state index contributed by atoms with van der Waals surface area (Å²) in [5.74, 6) is -0.662. The third kappa shape index (κ3) is 3.02. The molecule has 0 saturated carbocycles. The second-order valence-corrected chi connectivity index (χ2v) is 4.56. The van der Waals surface area contributed by atoms with Crippen molar-refractivity contribution in [2.75, 3.05) is 0 Å². The Balaban J connectivity index is 1.74. The summed E-state index contributed by atoms with van der Waals surface area (Å²) < 4.78 is 13.1. The van der Waals surface area contributed by atoms with Crippen LogP contribution in [0.15, 0.2) is 54.7 Å². The average molecular weight is 281 g/mol. The fourth-order valence-corrected chi connectivity index (χ4v) is 1.99. The highest BCUT2D eigenvalue weighted by atomic mass is 19.1. The molecular formula is C16H12FN3O. The Morgan fingerprint density at radius 1 is 1.10 bits per heavy atom. The molecule has 5 heteroatoms. The zero-order valence-corrected chi connectivity index (χ0v) is 11.1. The number of fused-ring (bicyclic) bond motifs is 1. The maximum Gasteiger partial charge on any atom is 0.271 e. The number of amides is 1. The number of hydrogen-bond acceptors (Lipinski definition) is 3. The van der Waals surface area contributed by atoms with Gasteiger partial charge in [-0.1, -0.05) is 24.3 Å². The zero-order valence-electron chi connectivity index (χ0n) is 11.1. The Bertz CT molecular complexity index is 804. The lowest BCUT2D eigenvalue weighted by Crippen LogP contribution is -2.24. The van der Waals surface area contributed by atoms with Crippen molar-refractivity contribution in [2.45, 2.75) is 6.54 Å². The third-order valence-electron chi connectivity index (χ3n) is 3.02. The van der Waals surface area contributed by atoms with Crippen LogP contribution in [0, 0.1) is 5.82 Å². The molecule has 1 aromatic heterocycles. The van der Waals surface area contributed by atoms with E-state index in [1.165, 1.54) is 18.3 Å². The van der Waals surface area contributed by atoms with Crippen LogP contribution in [0.1, 0.15) is 16.1 Å². The van der Waals surface area contributed by atoms with Gasteiger partial charge in [-0.3, -0.25) is 9.78 Å². The fraction of sp³-hybridized carbons (Fsp3) is 0.0625. The van der Waals surface area contributed by atoms with Gasteiger partial charge in [0.25, 0.3) is 5.91 Å². The van der Waals surface area contributed by atoms with E-state index in [-0.39, 0.29) is 24.0 Å². The number of benzene rings is 2. The van der Waals surface area contributed by atoms with Crippen LogP contribution in [0.4, 0.5) is 4.39 Å². The molecule has 0 fully saturated rings. The number of nitrogens with zero attached hydrogens (tertiary/aromatic N) is 2. The van der Waals surface area contributed by atoms with Crippen molar-refractivity contribution in [3.63, 3.8) is 0 Å². The van der Waals surface area contributed by atoms with Gasteiger partial charge >= 0.3 is 0 Å². The molecule has 2 aromatic carbocycles. The molecule has 3 aromatic rings. The number of halogens is 1. The molecule has 1 N–H and O–H groups in total. The minimum absolute atomic E-state index is 0.241. The summed E-state index contributed by atoms with van der Waals surface area (Å²) in [6, 6.07) is 13.4. The lowest BCUT2D eigenvalue weighted by Gasteiger charge is -2.05. The largest absolute Gasteiger partial charge is 0.347 e. The van der Waals surface area contributed by atoms with Crippen molar-refractivity contribution in [2.24, 2.45) is 0 Å². The van der Waals surface area contributed by atoms with E-state index in [9.17, 15) is 9.18 Å². The first kappa shape index (κ1) is 13.2. The first-order chi connectivity index (χ1) is 10.2. The number of rotatable bonds is 3. The molecule has 1 amide bonds. The van der Waals surface area contributed by atoms with Crippen molar-refractivity contribution in [3.8, 4) is 0 Å². The number of nitrogens with one attached hydrogen (secondary N) is 1. The van der Waals surface area contributed by atoms with Crippen LogP contribution >= 0.6 is 0 Å². The van der Waals surface area contributed by atoms with Crippen LogP contribution in [0.3, 0.4) is 0 Å². The Kier molecular flexibility index (Phi) is 3.55. The number of hydrogen-bond donors (Lipinski definition) is 1. The van der Waals surface area contributed by atoms with Crippen LogP contribution < -0.4 is 5.32 Å². The average Bonchev–Trinajstić information content (AvgIpc) is 2.52. The molecule has 4 nitrogen and oxygen atoms in total. The zero-order chi connectivity index (χ0) is 14.7. The van der Waals surface area contributed by atoms with Crippen molar-refractivity contribution in [1.29, 1.82) is 0 Å². The number of para-hydroxylation sites is 2. The first-order valence-corrected chi connectivity index (χ1v) is 6.47. The van der Waals surface area contributed by atoms with Gasteiger partial charge in [0, 0.05) is 6.54 Å². The molecule has 0 aliphatic heterocycles. The number of carbonyl (C=O) groups excluding carboxylic acids is 1. The normalized spacial score (nSPS) is 10.5. The molecule has 0 unspecified atom stereocenters. The smallest absolute Gasteiger partial charge is 0.271 e. The van der Waals surface area contributed by atoms with Gasteiger partial charge < -0.3 is 5.32 Å². The van der Waals surface area contributed by atoms with Crippen LogP contribution in [-0.4, -0.2) is 15.9 Å². The van der Waals surface area contributed by atoms with Crippen LogP contribution in [0.25, 0.3) is 11.0 Å². The lowest BCUT2D eigenvalue weighted by atomic mass is 10.2. The minimum atomic E-state index is -0.336. The van der Waals surface area contributed by atoms with Crippen molar-refractivity contribution in [3.05, 3.63) is 71.8 Å². The summed E-state index contributed by atoms with van der Waals surface area (Å²) in [5, 5.41) is 2.70. The van der Waals surface area contributed by atoms with Crippen molar-refractivity contribution in [1.82, 2.24) is 15.3 Å². The van der Waals surface area contributed by atoms with E-state index < -0.39 is 0 Å². The van der Waals surface area contributed by atoms with Crippen LogP contribution in [0.2, 0.25) is 0 Å². The van der Waals surface area contributed by atoms with Gasteiger partial charge in [-0.05, 0) is 29.8 Å². The maximum atomic E-state index is 13.1. The molecule has 0 spiro atoms. The van der Waals surface area contributed by atoms with Gasteiger partial charge in [-0.25, -0.2) is 9.37 Å². The third-order valence-corrected chi connectivity index (χ3v) is 3.02. The predicted molar refractivity (Wildman–Crippen MR) is 77.1 cm³/mol. The van der Waals surface area contributed by atoms with E-state index in [2.05, 4.69) is 15.3 Å². The van der Waals surface area contributed by atoms with E-state index in [1.807, 2.05) is 18.2 Å². The van der Waals surface area contributed by atoms with E-state index in [1.54, 1.807) is 18.2 Å². The second-order valence-electron chi connectivity index (χ2n) is 4.56. The molecular weight excluding hydrogens is 269 g/mol. The molecule has 3 rings (SSSR count). The van der Waals surface area contributed by atoms with Gasteiger partial charge in [-0.2, -0.15) is 0 Å². The summed E-state index contributed by atoms with van der Waals surface area (Å²) >= 11 is 0. The molecule has 0 radical (unpaired) electrons. The Morgan fingerprint density at radius 2 is 1.90 bits per heavy atom. The van der Waals surface area contributed by atoms with E-state index in [0.29, 0.717) is 11.1 Å². The molecule has 0 aliphatic carbocycles. The summed E-state index contributed by atoms with van der Waals surface area (Å²) in [4.78, 5) is 20.5. The highest BCUT2D eigenvalue weighted by Gasteiger charge is 2.08. The highest BCUT2D eigenvalue weighted by molar-refractivity contribution is 5.93. The molecule has 0 atom stereocenters. The van der Waals surface area contributed by atoms with Gasteiger partial charge in [0.1, 0.15) is 11.5 Å². The molecule has 104 valence electrons. The molecule has 0 saturated heterocycles.